The molecule has 8 heavy (non-hydrogen) atoms. The van der Waals surface area contributed by atoms with Gasteiger partial charge in [0, 0.05) is 0 Å². The predicted octanol–water partition coefficient (Wildman–Crippen LogP) is 0.0693. The Hall–Kier alpha value is -1.32. The molecule has 0 fully saturated rings. The number of hydrogen-bond acceptors (Lipinski definition) is 4. The molecule has 0 saturated carbocycles. The maximum Gasteiger partial charge on any atom is 0.292 e. The largest absolute Gasteiger partial charge is 0.421 e. The molecular formula is C4H4N2O2. The van der Waals surface area contributed by atoms with Crippen molar-refractivity contribution in [1.82, 2.24) is 4.98 Å². The third-order valence-corrected chi connectivity index (χ3v) is 0.658. The SMILES string of the molecule is Nc1ncc(C=O)o1. The summed E-state index contributed by atoms with van der Waals surface area (Å²) in [6.45, 7) is 0. The van der Waals surface area contributed by atoms with Crippen LogP contribution in [0.2, 0.25) is 0 Å². The van der Waals surface area contributed by atoms with Crippen LogP contribution in [0, 0.1) is 0 Å². The van der Waals surface area contributed by atoms with Crippen LogP contribution >= 0.6 is 0 Å². The van der Waals surface area contributed by atoms with Crippen molar-refractivity contribution in [2.75, 3.05) is 5.73 Å². The Kier molecular flexibility index (Phi) is 0.997. The highest BCUT2D eigenvalue weighted by atomic mass is 16.4. The molecule has 0 unspecified atom stereocenters. The minimum Gasteiger partial charge on any atom is -0.421 e. The Morgan fingerprint density at radius 2 is 2.62 bits per heavy atom. The average Bonchev–Trinajstić information content (AvgIpc) is 2.14. The van der Waals surface area contributed by atoms with Gasteiger partial charge in [-0.25, -0.2) is 4.98 Å². The van der Waals surface area contributed by atoms with E-state index >= 15 is 0 Å². The number of rotatable bonds is 1. The van der Waals surface area contributed by atoms with Gasteiger partial charge in [-0.05, 0) is 0 Å². The second-order valence-corrected chi connectivity index (χ2v) is 1.22. The Morgan fingerprint density at radius 3 is 2.88 bits per heavy atom. The number of nitrogens with two attached hydrogens (primary N) is 1. The first-order valence-corrected chi connectivity index (χ1v) is 1.99. The van der Waals surface area contributed by atoms with E-state index in [1.165, 1.54) is 6.20 Å². The lowest BCUT2D eigenvalue weighted by Gasteiger charge is -1.73. The van der Waals surface area contributed by atoms with E-state index in [0.29, 0.717) is 6.29 Å². The molecule has 42 valence electrons. The first kappa shape index (κ1) is 4.83. The molecule has 0 spiro atoms. The quantitative estimate of drug-likeness (QED) is 0.522. The molecule has 1 rings (SSSR count). The molecule has 4 nitrogen and oxygen atoms in total. The van der Waals surface area contributed by atoms with Crippen molar-refractivity contribution in [3.05, 3.63) is 12.0 Å². The van der Waals surface area contributed by atoms with Crippen LogP contribution in [0.1, 0.15) is 10.6 Å². The number of nitrogen functional groups attached to an aromatic ring is 1. The van der Waals surface area contributed by atoms with Gasteiger partial charge in [-0.15, -0.1) is 0 Å². The number of anilines is 1. The van der Waals surface area contributed by atoms with Gasteiger partial charge < -0.3 is 10.2 Å². The number of carbonyl (C=O) groups excluding carboxylic acids is 1. The van der Waals surface area contributed by atoms with Gasteiger partial charge in [0.15, 0.2) is 12.0 Å². The van der Waals surface area contributed by atoms with Gasteiger partial charge in [-0.2, -0.15) is 0 Å². The van der Waals surface area contributed by atoms with Crippen molar-refractivity contribution in [3.8, 4) is 0 Å². The standard InChI is InChI=1S/C4H4N2O2/c5-4-6-1-3(2-7)8-4/h1-2H,(H2,5,6). The number of carbonyl (C=O) groups is 1. The van der Waals surface area contributed by atoms with Gasteiger partial charge >= 0.3 is 0 Å². The molecule has 0 aliphatic rings. The molecule has 0 saturated heterocycles. The second-order valence-electron chi connectivity index (χ2n) is 1.22. The van der Waals surface area contributed by atoms with Crippen LogP contribution in [0.5, 0.6) is 0 Å². The van der Waals surface area contributed by atoms with E-state index in [4.69, 9.17) is 5.73 Å². The van der Waals surface area contributed by atoms with Crippen LogP contribution in [-0.4, -0.2) is 11.3 Å². The van der Waals surface area contributed by atoms with Gasteiger partial charge in [0.2, 0.25) is 0 Å². The fraction of sp³-hybridized carbons (Fsp3) is 0. The number of oxazole rings is 1. The van der Waals surface area contributed by atoms with Gasteiger partial charge in [0.1, 0.15) is 0 Å². The highest BCUT2D eigenvalue weighted by Gasteiger charge is 1.94. The van der Waals surface area contributed by atoms with Crippen molar-refractivity contribution in [1.29, 1.82) is 0 Å². The first-order valence-electron chi connectivity index (χ1n) is 1.99. The van der Waals surface area contributed by atoms with Crippen LogP contribution in [0.3, 0.4) is 0 Å². The van der Waals surface area contributed by atoms with E-state index in [2.05, 4.69) is 9.40 Å². The zero-order valence-electron chi connectivity index (χ0n) is 4.00. The molecule has 0 aliphatic carbocycles. The van der Waals surface area contributed by atoms with E-state index in [0.717, 1.165) is 0 Å². The molecule has 0 aromatic carbocycles. The van der Waals surface area contributed by atoms with Crippen LogP contribution in [-0.2, 0) is 0 Å². The third kappa shape index (κ3) is 0.676. The zero-order chi connectivity index (χ0) is 5.98. The molecule has 0 radical (unpaired) electrons. The lowest BCUT2D eigenvalue weighted by molar-refractivity contribution is 0.110. The minimum absolute atomic E-state index is 0.0205. The third-order valence-electron chi connectivity index (χ3n) is 0.658. The zero-order valence-corrected chi connectivity index (χ0v) is 4.00. The van der Waals surface area contributed by atoms with Crippen molar-refractivity contribution < 1.29 is 9.21 Å². The van der Waals surface area contributed by atoms with Gasteiger partial charge in [0.05, 0.1) is 6.20 Å². The van der Waals surface area contributed by atoms with Gasteiger partial charge in [-0.3, -0.25) is 4.79 Å². The summed E-state index contributed by atoms with van der Waals surface area (Å²) in [7, 11) is 0. The normalized spacial score (nSPS) is 9.00. The maximum atomic E-state index is 9.83. The van der Waals surface area contributed by atoms with Crippen molar-refractivity contribution in [2.45, 2.75) is 0 Å². The lowest BCUT2D eigenvalue weighted by Crippen LogP contribution is -1.79. The van der Waals surface area contributed by atoms with E-state index in [1.807, 2.05) is 0 Å². The van der Waals surface area contributed by atoms with E-state index in [1.54, 1.807) is 0 Å². The Bertz CT molecular complexity index is 194. The molecule has 1 aromatic rings. The van der Waals surface area contributed by atoms with Crippen LogP contribution in [0.15, 0.2) is 10.6 Å². The highest BCUT2D eigenvalue weighted by molar-refractivity contribution is 5.70. The number of nitrogens with zero attached hydrogens (tertiary/aromatic N) is 1. The highest BCUT2D eigenvalue weighted by Crippen LogP contribution is 1.99. The predicted molar refractivity (Wildman–Crippen MR) is 26.3 cm³/mol. The van der Waals surface area contributed by atoms with Crippen LogP contribution < -0.4 is 5.73 Å². The summed E-state index contributed by atoms with van der Waals surface area (Å²) in [5.41, 5.74) is 5.02. The van der Waals surface area contributed by atoms with Crippen LogP contribution in [0.25, 0.3) is 0 Å². The Balaban J connectivity index is 3.00. The molecule has 0 bridgehead atoms. The molecule has 0 atom stereocenters. The summed E-state index contributed by atoms with van der Waals surface area (Å²) in [6, 6.07) is 0.0205. The van der Waals surface area contributed by atoms with E-state index in [-0.39, 0.29) is 11.8 Å². The lowest BCUT2D eigenvalue weighted by atomic mass is 10.6. The van der Waals surface area contributed by atoms with Gasteiger partial charge in [-0.1, -0.05) is 0 Å². The first-order chi connectivity index (χ1) is 3.83. The summed E-state index contributed by atoms with van der Waals surface area (Å²) in [5, 5.41) is 0. The fourth-order valence-corrected chi connectivity index (χ4v) is 0.355. The van der Waals surface area contributed by atoms with Crippen molar-refractivity contribution in [2.24, 2.45) is 0 Å². The molecule has 0 aliphatic heterocycles. The maximum absolute atomic E-state index is 9.83. The summed E-state index contributed by atoms with van der Waals surface area (Å²) in [4.78, 5) is 13.3. The molecular weight excluding hydrogens is 108 g/mol. The van der Waals surface area contributed by atoms with E-state index in [9.17, 15) is 4.79 Å². The van der Waals surface area contributed by atoms with Gasteiger partial charge in [0.25, 0.3) is 6.01 Å². The molecule has 1 heterocycles. The second kappa shape index (κ2) is 1.65. The van der Waals surface area contributed by atoms with Crippen molar-refractivity contribution in [3.63, 3.8) is 0 Å². The number of aldehydes is 1. The summed E-state index contributed by atoms with van der Waals surface area (Å²) in [5.74, 6) is 0.155. The monoisotopic (exact) mass is 112 g/mol. The number of aromatic nitrogens is 1. The van der Waals surface area contributed by atoms with E-state index < -0.39 is 0 Å². The molecule has 1 aromatic heterocycles. The Labute approximate surface area is 45.3 Å². The Morgan fingerprint density at radius 1 is 1.88 bits per heavy atom. The summed E-state index contributed by atoms with van der Waals surface area (Å²) < 4.78 is 4.53. The molecule has 4 heteroatoms. The smallest absolute Gasteiger partial charge is 0.292 e. The summed E-state index contributed by atoms with van der Waals surface area (Å²) in [6.07, 6.45) is 1.81. The van der Waals surface area contributed by atoms with Crippen molar-refractivity contribution >= 4 is 12.3 Å². The number of hydrogen-bond donors (Lipinski definition) is 1. The molecule has 2 N–H and O–H groups in total. The topological polar surface area (TPSA) is 69.1 Å². The summed E-state index contributed by atoms with van der Waals surface area (Å²) >= 11 is 0. The fourth-order valence-electron chi connectivity index (χ4n) is 0.355. The van der Waals surface area contributed by atoms with Crippen LogP contribution in [0.4, 0.5) is 6.01 Å². The average molecular weight is 112 g/mol. The molecule has 0 amide bonds. The minimum atomic E-state index is 0.0205.